The number of allylic oxidation sites excluding steroid dienone is 2. The van der Waals surface area contributed by atoms with Crippen molar-refractivity contribution in [1.82, 2.24) is 0 Å². The van der Waals surface area contributed by atoms with E-state index in [0.717, 1.165) is 5.57 Å². The van der Waals surface area contributed by atoms with Gasteiger partial charge in [0, 0.05) is 24.2 Å². The maximum atomic E-state index is 12.6. The van der Waals surface area contributed by atoms with E-state index in [1.807, 2.05) is 26.0 Å². The number of ether oxygens (including phenoxy) is 1. The number of hydrogen-bond acceptors (Lipinski definition) is 7. The zero-order valence-electron chi connectivity index (χ0n) is 20.0. The van der Waals surface area contributed by atoms with E-state index in [1.54, 1.807) is 0 Å². The van der Waals surface area contributed by atoms with Gasteiger partial charge in [-0.3, -0.25) is 4.79 Å². The van der Waals surface area contributed by atoms with E-state index in [4.69, 9.17) is 4.74 Å². The molecule has 0 saturated carbocycles. The molecule has 0 amide bonds. The van der Waals surface area contributed by atoms with Crippen molar-refractivity contribution in [3.05, 3.63) is 23.8 Å². The third-order valence-corrected chi connectivity index (χ3v) is 7.13. The second kappa shape index (κ2) is 12.7. The topological polar surface area (TPSA) is 127 Å². The number of esters is 1. The number of carboxylic acids is 1. The van der Waals surface area contributed by atoms with E-state index >= 15 is 0 Å². The molecule has 2 aliphatic carbocycles. The van der Waals surface area contributed by atoms with E-state index in [9.17, 15) is 30.0 Å². The molecule has 0 heterocycles. The van der Waals surface area contributed by atoms with Gasteiger partial charge in [-0.25, -0.2) is 0 Å². The summed E-state index contributed by atoms with van der Waals surface area (Å²) in [6.07, 6.45) is 4.16. The van der Waals surface area contributed by atoms with E-state index in [0.29, 0.717) is 25.7 Å². The van der Waals surface area contributed by atoms with Gasteiger partial charge in [0.05, 0.1) is 24.2 Å². The maximum Gasteiger partial charge on any atom is 1.00 e. The van der Waals surface area contributed by atoms with Gasteiger partial charge in [0.2, 0.25) is 0 Å². The molecule has 0 aromatic rings. The Bertz CT molecular complexity index is 706. The summed E-state index contributed by atoms with van der Waals surface area (Å²) in [6.45, 7) is 7.90. The first-order chi connectivity index (χ1) is 14.5. The molecule has 1 unspecified atom stereocenters. The van der Waals surface area contributed by atoms with E-state index < -0.39 is 42.2 Å². The standard InChI is InChI=1S/C24H38O7.Na/c1-5-14(2)23(30)31-21-12-18(26)10-16-7-6-15(3)20(24(16,21)4)9-8-17(25)11-19(27)13-22(28)29;/h6-7,10,14-15,17-21,25-27H,5,8-9,11-13H2,1-4H3,(H,28,29);/q;+1/p-1/t14-,15-,17?,18+,19-,20-,21-,24-;/m0./s1. The summed E-state index contributed by atoms with van der Waals surface area (Å²) >= 11 is 0. The van der Waals surface area contributed by atoms with Gasteiger partial charge < -0.3 is 30.0 Å². The number of aliphatic hydroxyl groups is 3. The average molecular weight is 461 g/mol. The molecule has 0 fully saturated rings. The molecule has 32 heavy (non-hydrogen) atoms. The molecule has 8 atom stereocenters. The second-order valence-electron chi connectivity index (χ2n) is 9.46. The van der Waals surface area contributed by atoms with Gasteiger partial charge in [-0.1, -0.05) is 45.9 Å². The van der Waals surface area contributed by atoms with Crippen LogP contribution in [0.4, 0.5) is 0 Å². The van der Waals surface area contributed by atoms with Gasteiger partial charge in [0.15, 0.2) is 0 Å². The molecule has 3 N–H and O–H groups in total. The summed E-state index contributed by atoms with van der Waals surface area (Å²) < 4.78 is 5.93. The molecular formula is C24H37NaO7. The van der Waals surface area contributed by atoms with Crippen molar-refractivity contribution in [2.24, 2.45) is 23.2 Å². The summed E-state index contributed by atoms with van der Waals surface area (Å²) in [5.41, 5.74) is 0.419. The van der Waals surface area contributed by atoms with Crippen molar-refractivity contribution < 1.29 is 64.3 Å². The van der Waals surface area contributed by atoms with Crippen molar-refractivity contribution in [2.75, 3.05) is 0 Å². The molecule has 0 aromatic carbocycles. The fourth-order valence-electron chi connectivity index (χ4n) is 4.96. The number of fused-ring (bicyclic) bond motifs is 1. The minimum absolute atomic E-state index is 0. The first-order valence-corrected chi connectivity index (χ1v) is 11.3. The van der Waals surface area contributed by atoms with Crippen LogP contribution in [0.1, 0.15) is 66.2 Å². The van der Waals surface area contributed by atoms with Crippen LogP contribution in [0.3, 0.4) is 0 Å². The summed E-state index contributed by atoms with van der Waals surface area (Å²) in [5.74, 6) is -1.65. The predicted molar refractivity (Wildman–Crippen MR) is 113 cm³/mol. The SMILES string of the molecule is CC[C@H](C)C(=O)O[C@H]1C[C@H](O)C=C2C=C[C@H](C)[C@H](CCC(O)C[C@H](O)CC(=O)[O-])[C@]21C.[Na+]. The zero-order valence-corrected chi connectivity index (χ0v) is 22.0. The fourth-order valence-corrected chi connectivity index (χ4v) is 4.96. The largest absolute Gasteiger partial charge is 1.00 e. The first-order valence-electron chi connectivity index (χ1n) is 11.3. The minimum atomic E-state index is -1.35. The second-order valence-corrected chi connectivity index (χ2v) is 9.46. The van der Waals surface area contributed by atoms with Gasteiger partial charge >= 0.3 is 35.5 Å². The van der Waals surface area contributed by atoms with Crippen LogP contribution < -0.4 is 34.7 Å². The number of carbonyl (C=O) groups is 2. The Morgan fingerprint density at radius 3 is 2.56 bits per heavy atom. The molecule has 176 valence electrons. The van der Waals surface area contributed by atoms with Gasteiger partial charge in [0.25, 0.3) is 0 Å². The summed E-state index contributed by atoms with van der Waals surface area (Å²) in [5, 5.41) is 41.1. The van der Waals surface area contributed by atoms with Crippen LogP contribution in [0, 0.1) is 23.2 Å². The van der Waals surface area contributed by atoms with Crippen LogP contribution in [-0.4, -0.2) is 51.7 Å². The number of hydrogen-bond donors (Lipinski definition) is 3. The van der Waals surface area contributed by atoms with Crippen molar-refractivity contribution in [3.63, 3.8) is 0 Å². The Morgan fingerprint density at radius 1 is 1.31 bits per heavy atom. The molecule has 2 aliphatic rings. The molecule has 7 nitrogen and oxygen atoms in total. The molecule has 0 saturated heterocycles. The molecule has 2 rings (SSSR count). The van der Waals surface area contributed by atoms with Crippen LogP contribution in [0.15, 0.2) is 23.8 Å². The zero-order chi connectivity index (χ0) is 23.3. The Kier molecular flexibility index (Phi) is 11.6. The summed E-state index contributed by atoms with van der Waals surface area (Å²) in [7, 11) is 0. The van der Waals surface area contributed by atoms with Crippen molar-refractivity contribution >= 4 is 11.9 Å². The number of aliphatic carboxylic acids is 1. The molecule has 8 heteroatoms. The third-order valence-electron chi connectivity index (χ3n) is 7.13. The van der Waals surface area contributed by atoms with Crippen LogP contribution in [0.25, 0.3) is 0 Å². The van der Waals surface area contributed by atoms with Crippen molar-refractivity contribution in [1.29, 1.82) is 0 Å². The quantitative estimate of drug-likeness (QED) is 0.267. The number of aliphatic hydroxyl groups excluding tert-OH is 3. The summed E-state index contributed by atoms with van der Waals surface area (Å²) in [4.78, 5) is 23.2. The molecular weight excluding hydrogens is 423 g/mol. The van der Waals surface area contributed by atoms with Gasteiger partial charge in [0.1, 0.15) is 6.10 Å². The van der Waals surface area contributed by atoms with Crippen molar-refractivity contribution in [3.8, 4) is 0 Å². The summed E-state index contributed by atoms with van der Waals surface area (Å²) in [6, 6.07) is 0. The van der Waals surface area contributed by atoms with Crippen molar-refractivity contribution in [2.45, 2.75) is 90.6 Å². The average Bonchev–Trinajstić information content (AvgIpc) is 2.67. The molecule has 0 aliphatic heterocycles. The number of carbonyl (C=O) groups excluding carboxylic acids is 2. The smallest absolute Gasteiger partial charge is 0.550 e. The van der Waals surface area contributed by atoms with Crippen LogP contribution in [-0.2, 0) is 14.3 Å². The Balaban J connectivity index is 0.00000512. The predicted octanol–water partition coefficient (Wildman–Crippen LogP) is -1.50. The van der Waals surface area contributed by atoms with E-state index in [1.165, 1.54) is 0 Å². The Labute approximate surface area is 213 Å². The minimum Gasteiger partial charge on any atom is -0.550 e. The van der Waals surface area contributed by atoms with E-state index in [-0.39, 0.29) is 59.7 Å². The van der Waals surface area contributed by atoms with Gasteiger partial charge in [-0.2, -0.15) is 0 Å². The molecule has 0 radical (unpaired) electrons. The molecule has 0 aromatic heterocycles. The Morgan fingerprint density at radius 2 is 1.97 bits per heavy atom. The fraction of sp³-hybridized carbons (Fsp3) is 0.750. The third kappa shape index (κ3) is 7.15. The molecule has 0 spiro atoms. The van der Waals surface area contributed by atoms with Crippen LogP contribution in [0.2, 0.25) is 0 Å². The Hall–Kier alpha value is -0.700. The molecule has 0 bridgehead atoms. The van der Waals surface area contributed by atoms with Gasteiger partial charge in [-0.15, -0.1) is 0 Å². The maximum absolute atomic E-state index is 12.6. The first kappa shape index (κ1) is 29.3. The van der Waals surface area contributed by atoms with Crippen LogP contribution in [0.5, 0.6) is 0 Å². The van der Waals surface area contributed by atoms with Crippen LogP contribution >= 0.6 is 0 Å². The van der Waals surface area contributed by atoms with Gasteiger partial charge in [-0.05, 0) is 43.1 Å². The number of rotatable bonds is 10. The van der Waals surface area contributed by atoms with E-state index in [2.05, 4.69) is 19.9 Å². The monoisotopic (exact) mass is 460 g/mol. The normalized spacial score (nSPS) is 32.0. The number of carboxylic acid groups (broad SMARTS) is 1.